The van der Waals surface area contributed by atoms with Gasteiger partial charge in [-0.15, -0.1) is 0 Å². The molecular weight excluding hydrogens is 426 g/mol. The number of nitrogens with one attached hydrogen (secondary N) is 1. The molecule has 1 atom stereocenters. The number of benzene rings is 2. The molecular formula is C24H27N3O6. The molecule has 0 unspecified atom stereocenters. The van der Waals surface area contributed by atoms with E-state index in [1.165, 1.54) is 25.2 Å². The Morgan fingerprint density at radius 1 is 1.06 bits per heavy atom. The number of amides is 3. The fourth-order valence-electron chi connectivity index (χ4n) is 4.41. The summed E-state index contributed by atoms with van der Waals surface area (Å²) in [5.41, 5.74) is 0.776. The summed E-state index contributed by atoms with van der Waals surface area (Å²) < 4.78 is 10.6. The smallest absolute Gasteiger partial charge is 0.251 e. The normalized spacial score (nSPS) is 19.6. The summed E-state index contributed by atoms with van der Waals surface area (Å²) >= 11 is 0. The molecule has 9 nitrogen and oxygen atoms in total. The van der Waals surface area contributed by atoms with Crippen molar-refractivity contribution in [2.45, 2.75) is 25.3 Å². The highest BCUT2D eigenvalue weighted by molar-refractivity contribution is 6.23. The Morgan fingerprint density at radius 2 is 1.79 bits per heavy atom. The van der Waals surface area contributed by atoms with Crippen molar-refractivity contribution in [2.75, 3.05) is 37.5 Å². The zero-order valence-corrected chi connectivity index (χ0v) is 18.6. The monoisotopic (exact) mass is 453 g/mol. The largest absolute Gasteiger partial charge is 0.506 e. The molecule has 2 aromatic rings. The standard InChI is InChI=1S/C24H27N3O6/c1-32-16-7-8-18(21(13-16)33-2)27-22(29)14-19(24(27)31)26-11-9-15(10-12-26)23(30)25-17-5-3-4-6-20(17)28/h3-8,13,15,19,28H,9-12,14H2,1-2H3,(H,25,30)/t19-/m1/s1. The first-order valence-electron chi connectivity index (χ1n) is 10.8. The van der Waals surface area contributed by atoms with E-state index in [2.05, 4.69) is 5.32 Å². The molecule has 2 N–H and O–H groups in total. The first-order valence-corrected chi connectivity index (χ1v) is 10.8. The molecule has 9 heteroatoms. The van der Waals surface area contributed by atoms with Crippen LogP contribution in [-0.2, 0) is 14.4 Å². The van der Waals surface area contributed by atoms with Gasteiger partial charge in [0.15, 0.2) is 0 Å². The van der Waals surface area contributed by atoms with Crippen LogP contribution in [0.4, 0.5) is 11.4 Å². The second-order valence-corrected chi connectivity index (χ2v) is 8.14. The van der Waals surface area contributed by atoms with Gasteiger partial charge in [0.25, 0.3) is 5.91 Å². The third-order valence-corrected chi connectivity index (χ3v) is 6.25. The van der Waals surface area contributed by atoms with Gasteiger partial charge < -0.3 is 19.9 Å². The molecule has 0 aliphatic carbocycles. The number of likely N-dealkylation sites (tertiary alicyclic amines) is 1. The van der Waals surface area contributed by atoms with Gasteiger partial charge in [0, 0.05) is 12.0 Å². The van der Waals surface area contributed by atoms with Gasteiger partial charge in [-0.25, -0.2) is 4.90 Å². The Hall–Kier alpha value is -3.59. The molecule has 0 aromatic heterocycles. The Morgan fingerprint density at radius 3 is 2.45 bits per heavy atom. The minimum absolute atomic E-state index is 0.0207. The highest BCUT2D eigenvalue weighted by Crippen LogP contribution is 2.36. The molecule has 2 heterocycles. The average molecular weight is 453 g/mol. The summed E-state index contributed by atoms with van der Waals surface area (Å²) in [5.74, 6) is 0.00735. The van der Waals surface area contributed by atoms with Gasteiger partial charge in [0.2, 0.25) is 11.8 Å². The van der Waals surface area contributed by atoms with E-state index in [1.54, 1.807) is 36.4 Å². The number of imide groups is 1. The number of aromatic hydroxyl groups is 1. The van der Waals surface area contributed by atoms with Crippen LogP contribution >= 0.6 is 0 Å². The summed E-state index contributed by atoms with van der Waals surface area (Å²) in [7, 11) is 3.01. The zero-order valence-electron chi connectivity index (χ0n) is 18.6. The first-order chi connectivity index (χ1) is 15.9. The number of ether oxygens (including phenoxy) is 2. The average Bonchev–Trinajstić information content (AvgIpc) is 3.13. The number of piperidine rings is 1. The van der Waals surface area contributed by atoms with Crippen LogP contribution in [0, 0.1) is 5.92 Å². The minimum Gasteiger partial charge on any atom is -0.506 e. The lowest BCUT2D eigenvalue weighted by atomic mass is 9.94. The summed E-state index contributed by atoms with van der Waals surface area (Å²) in [6, 6.07) is 11.0. The van der Waals surface area contributed by atoms with E-state index in [0.29, 0.717) is 48.8 Å². The number of phenols is 1. The van der Waals surface area contributed by atoms with Crippen molar-refractivity contribution in [1.29, 1.82) is 0 Å². The topological polar surface area (TPSA) is 108 Å². The number of carbonyl (C=O) groups is 3. The zero-order chi connectivity index (χ0) is 23.5. The van der Waals surface area contributed by atoms with Crippen LogP contribution < -0.4 is 19.7 Å². The van der Waals surface area contributed by atoms with Crippen molar-refractivity contribution in [3.8, 4) is 17.2 Å². The predicted molar refractivity (Wildman–Crippen MR) is 121 cm³/mol. The number of para-hydroxylation sites is 2. The van der Waals surface area contributed by atoms with Gasteiger partial charge in [-0.2, -0.15) is 0 Å². The van der Waals surface area contributed by atoms with Crippen molar-refractivity contribution in [3.63, 3.8) is 0 Å². The number of nitrogens with zero attached hydrogens (tertiary/aromatic N) is 2. The molecule has 4 rings (SSSR count). The van der Waals surface area contributed by atoms with Gasteiger partial charge >= 0.3 is 0 Å². The van der Waals surface area contributed by atoms with Gasteiger partial charge in [-0.3, -0.25) is 19.3 Å². The predicted octanol–water partition coefficient (Wildman–Crippen LogP) is 2.39. The lowest BCUT2D eigenvalue weighted by Crippen LogP contribution is -2.47. The SMILES string of the molecule is COc1ccc(N2C(=O)C[C@@H](N3CCC(C(=O)Nc4ccccc4O)CC3)C2=O)c(OC)c1. The second kappa shape index (κ2) is 9.50. The van der Waals surface area contributed by atoms with Crippen LogP contribution in [0.15, 0.2) is 42.5 Å². The van der Waals surface area contributed by atoms with Crippen LogP contribution in [0.3, 0.4) is 0 Å². The maximum Gasteiger partial charge on any atom is 0.251 e. The van der Waals surface area contributed by atoms with Crippen molar-refractivity contribution in [1.82, 2.24) is 4.90 Å². The molecule has 3 amide bonds. The van der Waals surface area contributed by atoms with Crippen LogP contribution in [-0.4, -0.2) is 61.1 Å². The number of hydrogen-bond acceptors (Lipinski definition) is 7. The van der Waals surface area contributed by atoms with E-state index >= 15 is 0 Å². The summed E-state index contributed by atoms with van der Waals surface area (Å²) in [6.07, 6.45) is 1.20. The summed E-state index contributed by atoms with van der Waals surface area (Å²) in [4.78, 5) is 41.8. The number of hydrogen-bond donors (Lipinski definition) is 2. The highest BCUT2D eigenvalue weighted by atomic mass is 16.5. The van der Waals surface area contributed by atoms with Gasteiger partial charge in [-0.1, -0.05) is 12.1 Å². The molecule has 0 radical (unpaired) electrons. The van der Waals surface area contributed by atoms with Crippen LogP contribution in [0.1, 0.15) is 19.3 Å². The maximum absolute atomic E-state index is 13.2. The Balaban J connectivity index is 1.40. The van der Waals surface area contributed by atoms with E-state index in [4.69, 9.17) is 9.47 Å². The van der Waals surface area contributed by atoms with E-state index in [1.807, 2.05) is 4.90 Å². The van der Waals surface area contributed by atoms with Crippen molar-refractivity contribution < 1.29 is 29.0 Å². The first kappa shape index (κ1) is 22.6. The molecule has 2 fully saturated rings. The molecule has 2 aromatic carbocycles. The molecule has 2 saturated heterocycles. The molecule has 2 aliphatic heterocycles. The van der Waals surface area contributed by atoms with Crippen LogP contribution in [0.25, 0.3) is 0 Å². The lowest BCUT2D eigenvalue weighted by Gasteiger charge is -2.34. The fraction of sp³-hybridized carbons (Fsp3) is 0.375. The van der Waals surface area contributed by atoms with Crippen LogP contribution in [0.5, 0.6) is 17.2 Å². The van der Waals surface area contributed by atoms with Gasteiger partial charge in [0.1, 0.15) is 17.2 Å². The minimum atomic E-state index is -0.563. The number of rotatable bonds is 6. The highest BCUT2D eigenvalue weighted by Gasteiger charge is 2.44. The van der Waals surface area contributed by atoms with E-state index in [-0.39, 0.29) is 35.8 Å². The van der Waals surface area contributed by atoms with E-state index < -0.39 is 6.04 Å². The van der Waals surface area contributed by atoms with Crippen molar-refractivity contribution >= 4 is 29.1 Å². The number of anilines is 2. The van der Waals surface area contributed by atoms with Crippen LogP contribution in [0.2, 0.25) is 0 Å². The van der Waals surface area contributed by atoms with Gasteiger partial charge in [0.05, 0.1) is 38.1 Å². The molecule has 33 heavy (non-hydrogen) atoms. The molecule has 0 spiro atoms. The van der Waals surface area contributed by atoms with E-state index in [9.17, 15) is 19.5 Å². The molecule has 0 saturated carbocycles. The van der Waals surface area contributed by atoms with Gasteiger partial charge in [-0.05, 0) is 50.2 Å². The van der Waals surface area contributed by atoms with Crippen molar-refractivity contribution in [3.05, 3.63) is 42.5 Å². The lowest BCUT2D eigenvalue weighted by molar-refractivity contribution is -0.123. The Labute approximate surface area is 191 Å². The van der Waals surface area contributed by atoms with Crippen molar-refractivity contribution in [2.24, 2.45) is 5.92 Å². The number of carbonyl (C=O) groups excluding carboxylic acids is 3. The number of methoxy groups -OCH3 is 2. The molecule has 174 valence electrons. The second-order valence-electron chi connectivity index (χ2n) is 8.14. The number of phenolic OH excluding ortho intramolecular Hbond substituents is 1. The third kappa shape index (κ3) is 4.49. The third-order valence-electron chi connectivity index (χ3n) is 6.25. The molecule has 0 bridgehead atoms. The summed E-state index contributed by atoms with van der Waals surface area (Å²) in [5, 5.41) is 12.6. The van der Waals surface area contributed by atoms with E-state index in [0.717, 1.165) is 0 Å². The molecule has 2 aliphatic rings. The Bertz CT molecular complexity index is 1060. The fourth-order valence-corrected chi connectivity index (χ4v) is 4.41. The maximum atomic E-state index is 13.2. The summed E-state index contributed by atoms with van der Waals surface area (Å²) in [6.45, 7) is 1.05. The Kier molecular flexibility index (Phi) is 6.50. The quantitative estimate of drug-likeness (QED) is 0.511.